The fourth-order valence-electron chi connectivity index (χ4n) is 2.43. The average Bonchev–Trinajstić information content (AvgIpc) is 2.63. The van der Waals surface area contributed by atoms with Gasteiger partial charge in [-0.3, -0.25) is 4.79 Å². The van der Waals surface area contributed by atoms with Crippen LogP contribution in [0.15, 0.2) is 40.9 Å². The van der Waals surface area contributed by atoms with Gasteiger partial charge in [0, 0.05) is 11.0 Å². The van der Waals surface area contributed by atoms with Gasteiger partial charge in [0.05, 0.1) is 27.8 Å². The van der Waals surface area contributed by atoms with E-state index < -0.39 is 0 Å². The smallest absolute Gasteiger partial charge is 0.224 e. The summed E-state index contributed by atoms with van der Waals surface area (Å²) >= 11 is 3.46. The Kier molecular flexibility index (Phi) is 7.13. The first-order chi connectivity index (χ1) is 12.1. The number of hydrogen-bond acceptors (Lipinski definition) is 4. The highest BCUT2D eigenvalue weighted by Crippen LogP contribution is 2.27. The van der Waals surface area contributed by atoms with Crippen molar-refractivity contribution in [2.45, 2.75) is 12.8 Å². The van der Waals surface area contributed by atoms with Gasteiger partial charge in [-0.15, -0.1) is 0 Å². The first-order valence-electron chi connectivity index (χ1n) is 7.87. The molecular formula is C19H22BrNO4. The van der Waals surface area contributed by atoms with Gasteiger partial charge >= 0.3 is 0 Å². The molecule has 0 aliphatic heterocycles. The predicted octanol–water partition coefficient (Wildman–Crippen LogP) is 3.38. The van der Waals surface area contributed by atoms with E-state index in [0.717, 1.165) is 21.3 Å². The molecule has 5 nitrogen and oxygen atoms in total. The number of amides is 1. The summed E-state index contributed by atoms with van der Waals surface area (Å²) < 4.78 is 16.6. The summed E-state index contributed by atoms with van der Waals surface area (Å²) in [5.41, 5.74) is 1.96. The van der Waals surface area contributed by atoms with E-state index in [0.29, 0.717) is 30.9 Å². The zero-order chi connectivity index (χ0) is 18.2. The van der Waals surface area contributed by atoms with Crippen molar-refractivity contribution in [3.05, 3.63) is 52.0 Å². The van der Waals surface area contributed by atoms with Crippen molar-refractivity contribution in [3.63, 3.8) is 0 Å². The topological polar surface area (TPSA) is 56.8 Å². The third-order valence-electron chi connectivity index (χ3n) is 3.79. The molecule has 1 N–H and O–H groups in total. The fraction of sp³-hybridized carbons (Fsp3) is 0.316. The van der Waals surface area contributed by atoms with Gasteiger partial charge in [0.15, 0.2) is 11.5 Å². The van der Waals surface area contributed by atoms with Crippen LogP contribution in [0.1, 0.15) is 11.1 Å². The van der Waals surface area contributed by atoms with Gasteiger partial charge in [-0.05, 0) is 47.9 Å². The maximum atomic E-state index is 12.2. The van der Waals surface area contributed by atoms with Crippen molar-refractivity contribution in [2.24, 2.45) is 0 Å². The number of carbonyl (C=O) groups is 1. The van der Waals surface area contributed by atoms with E-state index in [4.69, 9.17) is 14.2 Å². The van der Waals surface area contributed by atoms with Crippen LogP contribution >= 0.6 is 15.9 Å². The molecule has 0 aliphatic carbocycles. The molecule has 0 spiro atoms. The molecule has 25 heavy (non-hydrogen) atoms. The van der Waals surface area contributed by atoms with E-state index in [1.54, 1.807) is 21.3 Å². The number of carbonyl (C=O) groups excluding carboxylic acids is 1. The van der Waals surface area contributed by atoms with Gasteiger partial charge in [-0.25, -0.2) is 0 Å². The summed E-state index contributed by atoms with van der Waals surface area (Å²) in [5, 5.41) is 2.94. The Morgan fingerprint density at radius 3 is 2.44 bits per heavy atom. The predicted molar refractivity (Wildman–Crippen MR) is 101 cm³/mol. The van der Waals surface area contributed by atoms with E-state index in [1.165, 1.54) is 0 Å². The summed E-state index contributed by atoms with van der Waals surface area (Å²) in [6, 6.07) is 11.3. The third-order valence-corrected chi connectivity index (χ3v) is 4.56. The Morgan fingerprint density at radius 2 is 1.76 bits per heavy atom. The SMILES string of the molecule is COc1ccc(Br)c(CC(=O)NCCc2ccc(OC)c(OC)c2)c1. The highest BCUT2D eigenvalue weighted by molar-refractivity contribution is 9.10. The van der Waals surface area contributed by atoms with Crippen molar-refractivity contribution in [3.8, 4) is 17.2 Å². The molecule has 2 aromatic rings. The lowest BCUT2D eigenvalue weighted by molar-refractivity contribution is -0.120. The minimum absolute atomic E-state index is 0.0329. The van der Waals surface area contributed by atoms with Crippen LogP contribution in [-0.2, 0) is 17.6 Å². The molecule has 0 aromatic heterocycles. The number of benzene rings is 2. The lowest BCUT2D eigenvalue weighted by Crippen LogP contribution is -2.27. The molecule has 1 amide bonds. The maximum absolute atomic E-state index is 12.2. The second-order valence-corrected chi connectivity index (χ2v) is 6.28. The molecule has 0 aliphatic rings. The molecule has 0 fully saturated rings. The fourth-order valence-corrected chi connectivity index (χ4v) is 2.82. The quantitative estimate of drug-likeness (QED) is 0.728. The van der Waals surface area contributed by atoms with Crippen LogP contribution in [0, 0.1) is 0 Å². The van der Waals surface area contributed by atoms with Crippen LogP contribution < -0.4 is 19.5 Å². The van der Waals surface area contributed by atoms with Gasteiger partial charge in [-0.1, -0.05) is 22.0 Å². The van der Waals surface area contributed by atoms with E-state index in [1.807, 2.05) is 36.4 Å². The van der Waals surface area contributed by atoms with Crippen LogP contribution in [0.5, 0.6) is 17.2 Å². The van der Waals surface area contributed by atoms with E-state index >= 15 is 0 Å². The van der Waals surface area contributed by atoms with Crippen molar-refractivity contribution in [1.82, 2.24) is 5.32 Å². The summed E-state index contributed by atoms with van der Waals surface area (Å²) in [4.78, 5) is 12.2. The summed E-state index contributed by atoms with van der Waals surface area (Å²) in [6.07, 6.45) is 1.01. The first kappa shape index (κ1) is 19.1. The number of halogens is 1. The lowest BCUT2D eigenvalue weighted by Gasteiger charge is -2.11. The number of nitrogens with one attached hydrogen (secondary N) is 1. The molecule has 0 radical (unpaired) electrons. The van der Waals surface area contributed by atoms with Crippen molar-refractivity contribution in [2.75, 3.05) is 27.9 Å². The molecule has 2 rings (SSSR count). The summed E-state index contributed by atoms with van der Waals surface area (Å²) in [6.45, 7) is 0.551. The summed E-state index contributed by atoms with van der Waals surface area (Å²) in [7, 11) is 4.82. The largest absolute Gasteiger partial charge is 0.497 e. The van der Waals surface area contributed by atoms with E-state index in [2.05, 4.69) is 21.2 Å². The number of hydrogen-bond donors (Lipinski definition) is 1. The zero-order valence-electron chi connectivity index (χ0n) is 14.6. The molecule has 0 saturated heterocycles. The highest BCUT2D eigenvalue weighted by Gasteiger charge is 2.09. The number of methoxy groups -OCH3 is 3. The van der Waals surface area contributed by atoms with E-state index in [9.17, 15) is 4.79 Å². The molecule has 0 atom stereocenters. The molecule has 6 heteroatoms. The second kappa shape index (κ2) is 9.32. The first-order valence-corrected chi connectivity index (χ1v) is 8.66. The Balaban J connectivity index is 1.88. The van der Waals surface area contributed by atoms with Gasteiger partial charge < -0.3 is 19.5 Å². The van der Waals surface area contributed by atoms with Crippen LogP contribution in [0.4, 0.5) is 0 Å². The molecule has 0 saturated carbocycles. The number of ether oxygens (including phenoxy) is 3. The van der Waals surface area contributed by atoms with Gasteiger partial charge in [-0.2, -0.15) is 0 Å². The normalized spacial score (nSPS) is 10.2. The molecule has 0 heterocycles. The highest BCUT2D eigenvalue weighted by atomic mass is 79.9. The standard InChI is InChI=1S/C19H22BrNO4/c1-23-15-5-6-16(20)14(11-15)12-19(22)21-9-8-13-4-7-17(24-2)18(10-13)25-3/h4-7,10-11H,8-9,12H2,1-3H3,(H,21,22). The van der Waals surface area contributed by atoms with Gasteiger partial charge in [0.25, 0.3) is 0 Å². The maximum Gasteiger partial charge on any atom is 0.224 e. The molecule has 0 unspecified atom stereocenters. The van der Waals surface area contributed by atoms with Gasteiger partial charge in [0.1, 0.15) is 5.75 Å². The molecule has 2 aromatic carbocycles. The molecule has 0 bridgehead atoms. The molecular weight excluding hydrogens is 386 g/mol. The Bertz CT molecular complexity index is 733. The van der Waals surface area contributed by atoms with Crippen molar-refractivity contribution in [1.29, 1.82) is 0 Å². The zero-order valence-corrected chi connectivity index (χ0v) is 16.2. The molecule has 134 valence electrons. The average molecular weight is 408 g/mol. The minimum atomic E-state index is -0.0329. The summed E-state index contributed by atoms with van der Waals surface area (Å²) in [5.74, 6) is 2.08. The number of rotatable bonds is 8. The van der Waals surface area contributed by atoms with Crippen LogP contribution in [0.25, 0.3) is 0 Å². The Labute approximate surface area is 156 Å². The Morgan fingerprint density at radius 1 is 1.00 bits per heavy atom. The van der Waals surface area contributed by atoms with E-state index in [-0.39, 0.29) is 5.91 Å². The third kappa shape index (κ3) is 5.39. The Hall–Kier alpha value is -2.21. The monoisotopic (exact) mass is 407 g/mol. The van der Waals surface area contributed by atoms with Crippen LogP contribution in [0.2, 0.25) is 0 Å². The second-order valence-electron chi connectivity index (χ2n) is 5.42. The van der Waals surface area contributed by atoms with Crippen LogP contribution in [0.3, 0.4) is 0 Å². The van der Waals surface area contributed by atoms with Gasteiger partial charge in [0.2, 0.25) is 5.91 Å². The van der Waals surface area contributed by atoms with Crippen molar-refractivity contribution < 1.29 is 19.0 Å². The lowest BCUT2D eigenvalue weighted by atomic mass is 10.1. The minimum Gasteiger partial charge on any atom is -0.497 e. The van der Waals surface area contributed by atoms with Crippen LogP contribution in [-0.4, -0.2) is 33.8 Å². The van der Waals surface area contributed by atoms with Crippen molar-refractivity contribution >= 4 is 21.8 Å².